The second-order valence-electron chi connectivity index (χ2n) is 9.60. The molecule has 2 N–H and O–H groups in total. The zero-order valence-corrected chi connectivity index (χ0v) is 18.7. The number of H-pyrrole nitrogens is 1. The third kappa shape index (κ3) is 3.82. The Morgan fingerprint density at radius 2 is 1.97 bits per heavy atom. The fraction of sp³-hybridized carbons (Fsp3) is 0.360. The van der Waals surface area contributed by atoms with Crippen LogP contribution in [0.25, 0.3) is 16.4 Å². The molecular formula is C25H23F2N5O3. The summed E-state index contributed by atoms with van der Waals surface area (Å²) in [6.07, 6.45) is 4.29. The van der Waals surface area contributed by atoms with E-state index in [4.69, 9.17) is 4.74 Å². The van der Waals surface area contributed by atoms with Gasteiger partial charge < -0.3 is 10.1 Å². The standard InChI is InChI=1S/C25H23F2N5O3/c26-20(27)13-35-16-5-6-32-19(12-28-21(32)7-16)24(34)29-15-10-25(11-15)8-14(9-25)22-17-3-1-2-4-18(17)23(33)31-30-22/h1-7,12,14-15,20H,8-11,13H2,(H,29,34)(H,31,33). The molecule has 2 saturated carbocycles. The quantitative estimate of drug-likeness (QED) is 0.440. The lowest BCUT2D eigenvalue weighted by Crippen LogP contribution is -2.55. The number of halogens is 2. The first-order valence-corrected chi connectivity index (χ1v) is 11.6. The van der Waals surface area contributed by atoms with Gasteiger partial charge in [-0.3, -0.25) is 14.0 Å². The van der Waals surface area contributed by atoms with Gasteiger partial charge in [0.25, 0.3) is 17.9 Å². The lowest BCUT2D eigenvalue weighted by Gasteiger charge is -2.57. The zero-order valence-electron chi connectivity index (χ0n) is 18.7. The highest BCUT2D eigenvalue weighted by molar-refractivity contribution is 5.93. The highest BCUT2D eigenvalue weighted by Gasteiger charge is 2.54. The van der Waals surface area contributed by atoms with E-state index in [2.05, 4.69) is 20.5 Å². The van der Waals surface area contributed by atoms with Crippen LogP contribution in [0.4, 0.5) is 8.78 Å². The van der Waals surface area contributed by atoms with Crippen LogP contribution < -0.4 is 15.6 Å². The molecule has 2 fully saturated rings. The monoisotopic (exact) mass is 479 g/mol. The summed E-state index contributed by atoms with van der Waals surface area (Å²) >= 11 is 0. The molecule has 0 aliphatic heterocycles. The Hall–Kier alpha value is -3.82. The second kappa shape index (κ2) is 8.14. The topological polar surface area (TPSA) is 101 Å². The predicted octanol–water partition coefficient (Wildman–Crippen LogP) is 3.67. The Labute approximate surface area is 198 Å². The molecule has 2 aliphatic rings. The summed E-state index contributed by atoms with van der Waals surface area (Å²) in [5.41, 5.74) is 1.82. The molecule has 35 heavy (non-hydrogen) atoms. The molecule has 1 aromatic carbocycles. The predicted molar refractivity (Wildman–Crippen MR) is 124 cm³/mol. The highest BCUT2D eigenvalue weighted by Crippen LogP contribution is 2.62. The molecule has 2 aliphatic carbocycles. The van der Waals surface area contributed by atoms with E-state index < -0.39 is 13.0 Å². The van der Waals surface area contributed by atoms with E-state index in [1.807, 2.05) is 24.3 Å². The molecule has 180 valence electrons. The van der Waals surface area contributed by atoms with Crippen molar-refractivity contribution in [3.05, 3.63) is 70.5 Å². The number of pyridine rings is 1. The van der Waals surface area contributed by atoms with Crippen LogP contribution in [0.1, 0.15) is 47.8 Å². The van der Waals surface area contributed by atoms with Gasteiger partial charge in [0, 0.05) is 29.6 Å². The number of imidazole rings is 1. The lowest BCUT2D eigenvalue weighted by atomic mass is 9.49. The molecule has 3 heterocycles. The SMILES string of the molecule is O=C(NC1CC2(C1)CC(c1n[nH]c(=O)c3ccccc13)C2)c1cnc2cc(OCC(F)F)ccn12. The van der Waals surface area contributed by atoms with Crippen molar-refractivity contribution in [2.24, 2.45) is 5.41 Å². The number of amides is 1. The molecule has 0 unspecified atom stereocenters. The molecule has 6 rings (SSSR count). The Morgan fingerprint density at radius 3 is 2.74 bits per heavy atom. The van der Waals surface area contributed by atoms with Crippen molar-refractivity contribution >= 4 is 22.3 Å². The Morgan fingerprint density at radius 1 is 1.20 bits per heavy atom. The molecule has 4 aromatic rings. The van der Waals surface area contributed by atoms with Crippen LogP contribution >= 0.6 is 0 Å². The van der Waals surface area contributed by atoms with Crippen LogP contribution in [0.5, 0.6) is 5.75 Å². The van der Waals surface area contributed by atoms with Gasteiger partial charge >= 0.3 is 0 Å². The summed E-state index contributed by atoms with van der Waals surface area (Å²) in [7, 11) is 0. The van der Waals surface area contributed by atoms with Crippen LogP contribution in [0.15, 0.2) is 53.6 Å². The number of ether oxygens (including phenoxy) is 1. The average molecular weight is 479 g/mol. The van der Waals surface area contributed by atoms with E-state index in [0.29, 0.717) is 22.6 Å². The van der Waals surface area contributed by atoms with Crippen LogP contribution in [0.2, 0.25) is 0 Å². The van der Waals surface area contributed by atoms with Gasteiger partial charge in [-0.1, -0.05) is 18.2 Å². The molecule has 3 aromatic heterocycles. The summed E-state index contributed by atoms with van der Waals surface area (Å²) in [5.74, 6) is 0.358. The van der Waals surface area contributed by atoms with Crippen LogP contribution in [-0.4, -0.2) is 44.6 Å². The van der Waals surface area contributed by atoms with Gasteiger partial charge in [-0.15, -0.1) is 0 Å². The number of benzene rings is 1. The maximum atomic E-state index is 12.9. The van der Waals surface area contributed by atoms with Gasteiger partial charge in [0.2, 0.25) is 0 Å². The maximum Gasteiger partial charge on any atom is 0.272 e. The van der Waals surface area contributed by atoms with E-state index in [-0.39, 0.29) is 28.7 Å². The number of carbonyl (C=O) groups excluding carboxylic acids is 1. The first kappa shape index (κ1) is 21.7. The molecule has 1 amide bonds. The average Bonchev–Trinajstić information content (AvgIpc) is 3.23. The lowest BCUT2D eigenvalue weighted by molar-refractivity contribution is -0.0197. The van der Waals surface area contributed by atoms with Gasteiger partial charge in [-0.25, -0.2) is 18.9 Å². The molecule has 0 saturated heterocycles. The summed E-state index contributed by atoms with van der Waals surface area (Å²) < 4.78 is 31.4. The summed E-state index contributed by atoms with van der Waals surface area (Å²) in [6, 6.07) is 10.7. The molecule has 10 heteroatoms. The van der Waals surface area contributed by atoms with Crippen LogP contribution in [-0.2, 0) is 0 Å². The number of hydrogen-bond acceptors (Lipinski definition) is 5. The highest BCUT2D eigenvalue weighted by atomic mass is 19.3. The summed E-state index contributed by atoms with van der Waals surface area (Å²) in [6.45, 7) is -0.691. The molecule has 1 spiro atoms. The molecular weight excluding hydrogens is 456 g/mol. The number of hydrogen-bond donors (Lipinski definition) is 2. The van der Waals surface area contributed by atoms with Crippen LogP contribution in [0.3, 0.4) is 0 Å². The van der Waals surface area contributed by atoms with E-state index in [1.54, 1.807) is 10.6 Å². The van der Waals surface area contributed by atoms with Crippen LogP contribution in [0, 0.1) is 5.41 Å². The molecule has 0 atom stereocenters. The van der Waals surface area contributed by atoms with Crippen molar-refractivity contribution in [2.75, 3.05) is 6.61 Å². The van der Waals surface area contributed by atoms with Gasteiger partial charge in [-0.2, -0.15) is 5.10 Å². The number of nitrogens with one attached hydrogen (secondary N) is 2. The fourth-order valence-electron chi connectivity index (χ4n) is 5.69. The van der Waals surface area contributed by atoms with E-state index >= 15 is 0 Å². The number of nitrogens with zero attached hydrogens (tertiary/aromatic N) is 3. The smallest absolute Gasteiger partial charge is 0.272 e. The Balaban J connectivity index is 1.07. The van der Waals surface area contributed by atoms with Gasteiger partial charge in [-0.05, 0) is 43.2 Å². The van der Waals surface area contributed by atoms with Crippen molar-refractivity contribution in [3.8, 4) is 5.75 Å². The number of aromatic amines is 1. The largest absolute Gasteiger partial charge is 0.487 e. The van der Waals surface area contributed by atoms with Gasteiger partial charge in [0.15, 0.2) is 0 Å². The van der Waals surface area contributed by atoms with Gasteiger partial charge in [0.1, 0.15) is 23.7 Å². The van der Waals surface area contributed by atoms with E-state index in [9.17, 15) is 18.4 Å². The Kier molecular flexibility index (Phi) is 5.05. The molecule has 0 radical (unpaired) electrons. The first-order valence-electron chi connectivity index (χ1n) is 11.6. The third-order valence-electron chi connectivity index (χ3n) is 7.26. The number of alkyl halides is 2. The van der Waals surface area contributed by atoms with Crippen molar-refractivity contribution in [1.82, 2.24) is 24.9 Å². The second-order valence-corrected chi connectivity index (χ2v) is 9.60. The number of fused-ring (bicyclic) bond motifs is 2. The number of aromatic nitrogens is 4. The minimum Gasteiger partial charge on any atom is -0.487 e. The zero-order chi connectivity index (χ0) is 24.2. The molecule has 0 bridgehead atoms. The first-order chi connectivity index (χ1) is 16.9. The van der Waals surface area contributed by atoms with E-state index in [1.165, 1.54) is 18.3 Å². The van der Waals surface area contributed by atoms with E-state index in [0.717, 1.165) is 36.8 Å². The molecule has 8 nitrogen and oxygen atoms in total. The number of carbonyl (C=O) groups is 1. The maximum absolute atomic E-state index is 12.9. The van der Waals surface area contributed by atoms with Crippen molar-refractivity contribution < 1.29 is 18.3 Å². The minimum atomic E-state index is -2.56. The van der Waals surface area contributed by atoms with Gasteiger partial charge in [0.05, 0.1) is 17.3 Å². The van der Waals surface area contributed by atoms with Crippen molar-refractivity contribution in [2.45, 2.75) is 44.1 Å². The summed E-state index contributed by atoms with van der Waals surface area (Å²) in [5, 5.41) is 11.6. The third-order valence-corrected chi connectivity index (χ3v) is 7.26. The summed E-state index contributed by atoms with van der Waals surface area (Å²) in [4.78, 5) is 29.1. The van der Waals surface area contributed by atoms with Crippen molar-refractivity contribution in [1.29, 1.82) is 0 Å². The Bertz CT molecular complexity index is 1480. The van der Waals surface area contributed by atoms with Crippen molar-refractivity contribution in [3.63, 3.8) is 0 Å². The minimum absolute atomic E-state index is 0.0860. The normalized spacial score (nSPS) is 23.4. The number of rotatable bonds is 6. The fourth-order valence-corrected chi connectivity index (χ4v) is 5.69.